The van der Waals surface area contributed by atoms with Crippen LogP contribution in [0.15, 0.2) is 11.0 Å². The highest BCUT2D eigenvalue weighted by atomic mass is 16.5. The molecule has 2 aromatic rings. The van der Waals surface area contributed by atoms with E-state index in [-0.39, 0.29) is 37.1 Å². The van der Waals surface area contributed by atoms with E-state index in [1.165, 1.54) is 15.3 Å². The van der Waals surface area contributed by atoms with Crippen LogP contribution in [0.5, 0.6) is 0 Å². The number of carboxylic acids is 1. The van der Waals surface area contributed by atoms with Crippen molar-refractivity contribution in [3.63, 3.8) is 0 Å². The van der Waals surface area contributed by atoms with Crippen LogP contribution in [0.25, 0.3) is 11.2 Å². The molecule has 2 fully saturated rings. The van der Waals surface area contributed by atoms with Crippen LogP contribution in [0, 0.1) is 11.8 Å². The highest BCUT2D eigenvalue weighted by molar-refractivity contribution is 5.74. The lowest BCUT2D eigenvalue weighted by Gasteiger charge is -2.15. The van der Waals surface area contributed by atoms with Crippen LogP contribution < -0.4 is 11.4 Å². The Bertz CT molecular complexity index is 923. The molecule has 1 aliphatic heterocycles. The summed E-state index contributed by atoms with van der Waals surface area (Å²) < 4.78 is 8.18. The van der Waals surface area contributed by atoms with Gasteiger partial charge < -0.3 is 25.8 Å². The number of rotatable bonds is 5. The fraction of sp³-hybridized carbons (Fsp3) is 0.600. The number of hydrogen-bond donors (Lipinski definition) is 4. The van der Waals surface area contributed by atoms with Crippen LogP contribution in [-0.4, -0.2) is 59.2 Å². The quantitative estimate of drug-likeness (QED) is 0.495. The molecule has 3 heterocycles. The van der Waals surface area contributed by atoms with Crippen LogP contribution in [0.2, 0.25) is 0 Å². The standard InChI is InChI=1S/C15H19N5O6/c16-14-17-3-9-11(18-14)20(12-10(22)2-7(5-21)26-12)15(25)19(9)4-6-1-8(6)13(23)24/h3,6-8,10,12,21-22H,1-2,4-5H2,(H,23,24)(H2,16,17,18)/t6?,7-,8?,10+,12+/m0/s1. The van der Waals surface area contributed by atoms with Crippen molar-refractivity contribution in [3.05, 3.63) is 16.7 Å². The molecule has 0 radical (unpaired) electrons. The van der Waals surface area contributed by atoms with Gasteiger partial charge in [-0.3, -0.25) is 9.36 Å². The number of hydrogen-bond acceptors (Lipinski definition) is 8. The molecule has 1 saturated carbocycles. The van der Waals surface area contributed by atoms with Crippen LogP contribution in [-0.2, 0) is 16.1 Å². The normalized spacial score (nSPS) is 30.8. The van der Waals surface area contributed by atoms with Gasteiger partial charge >= 0.3 is 11.7 Å². The number of nitrogen functional groups attached to an aromatic ring is 1. The third-order valence-electron chi connectivity index (χ3n) is 5.01. The summed E-state index contributed by atoms with van der Waals surface area (Å²) in [4.78, 5) is 32.1. The van der Waals surface area contributed by atoms with Crippen molar-refractivity contribution in [2.24, 2.45) is 11.8 Å². The van der Waals surface area contributed by atoms with Gasteiger partial charge in [-0.25, -0.2) is 14.3 Å². The second-order valence-corrected chi connectivity index (χ2v) is 6.78. The van der Waals surface area contributed by atoms with Gasteiger partial charge in [0.15, 0.2) is 11.9 Å². The Hall–Kier alpha value is -2.50. The number of aliphatic hydroxyl groups excluding tert-OH is 2. The number of anilines is 1. The van der Waals surface area contributed by atoms with E-state index in [9.17, 15) is 19.8 Å². The number of aliphatic hydroxyl groups is 2. The predicted molar refractivity (Wildman–Crippen MR) is 87.1 cm³/mol. The zero-order valence-corrected chi connectivity index (χ0v) is 13.7. The van der Waals surface area contributed by atoms with Crippen molar-refractivity contribution in [2.45, 2.75) is 37.8 Å². The molecule has 2 unspecified atom stereocenters. The molecule has 0 spiro atoms. The fourth-order valence-corrected chi connectivity index (χ4v) is 3.54. The molecule has 26 heavy (non-hydrogen) atoms. The van der Waals surface area contributed by atoms with Crippen molar-refractivity contribution >= 4 is 23.1 Å². The lowest BCUT2D eigenvalue weighted by molar-refractivity contribution is -0.138. The number of fused-ring (bicyclic) bond motifs is 1. The summed E-state index contributed by atoms with van der Waals surface area (Å²) in [6.45, 7) is -0.0702. The van der Waals surface area contributed by atoms with E-state index in [1.54, 1.807) is 0 Å². The first-order chi connectivity index (χ1) is 12.4. The molecule has 0 amide bonds. The molecule has 0 aromatic carbocycles. The Morgan fingerprint density at radius 1 is 1.42 bits per heavy atom. The molecule has 5 N–H and O–H groups in total. The number of carbonyl (C=O) groups is 1. The first-order valence-corrected chi connectivity index (χ1v) is 8.31. The van der Waals surface area contributed by atoms with Crippen LogP contribution in [0.3, 0.4) is 0 Å². The topological polar surface area (TPSA) is 166 Å². The van der Waals surface area contributed by atoms with E-state index in [4.69, 9.17) is 15.6 Å². The third kappa shape index (κ3) is 2.64. The van der Waals surface area contributed by atoms with E-state index in [0.29, 0.717) is 11.9 Å². The van der Waals surface area contributed by atoms with E-state index >= 15 is 0 Å². The molecule has 4 rings (SSSR count). The monoisotopic (exact) mass is 365 g/mol. The minimum atomic E-state index is -1.01. The first kappa shape index (κ1) is 16.9. The second-order valence-electron chi connectivity index (χ2n) is 6.78. The molecule has 1 saturated heterocycles. The molecule has 0 bridgehead atoms. The van der Waals surface area contributed by atoms with E-state index in [2.05, 4.69) is 9.97 Å². The van der Waals surface area contributed by atoms with Gasteiger partial charge in [0, 0.05) is 13.0 Å². The first-order valence-electron chi connectivity index (χ1n) is 8.31. The van der Waals surface area contributed by atoms with Crippen molar-refractivity contribution in [1.29, 1.82) is 0 Å². The molecule has 11 nitrogen and oxygen atoms in total. The fourth-order valence-electron chi connectivity index (χ4n) is 3.54. The molecule has 5 atom stereocenters. The number of aromatic nitrogens is 4. The van der Waals surface area contributed by atoms with Gasteiger partial charge in [0.1, 0.15) is 11.6 Å². The van der Waals surface area contributed by atoms with E-state index in [1.807, 2.05) is 0 Å². The number of nitrogens with two attached hydrogens (primary N) is 1. The number of nitrogens with zero attached hydrogens (tertiary/aromatic N) is 4. The van der Waals surface area contributed by atoms with Crippen molar-refractivity contribution in [1.82, 2.24) is 19.1 Å². The molecule has 11 heteroatoms. The van der Waals surface area contributed by atoms with E-state index < -0.39 is 36.0 Å². The molecule has 1 aliphatic carbocycles. The SMILES string of the molecule is Nc1ncc2c(n1)n([C@@H]1O[C@H](CO)C[C@H]1O)c(=O)n2CC1CC1C(=O)O. The zero-order valence-electron chi connectivity index (χ0n) is 13.7. The summed E-state index contributed by atoms with van der Waals surface area (Å²) in [5.74, 6) is -1.54. The Kier molecular flexibility index (Phi) is 3.93. The lowest BCUT2D eigenvalue weighted by atomic mass is 10.2. The van der Waals surface area contributed by atoms with E-state index in [0.717, 1.165) is 0 Å². The number of carboxylic acid groups (broad SMARTS) is 1. The molecule has 2 aromatic heterocycles. The summed E-state index contributed by atoms with van der Waals surface area (Å²) in [7, 11) is 0. The summed E-state index contributed by atoms with van der Waals surface area (Å²) >= 11 is 0. The predicted octanol–water partition coefficient (Wildman–Crippen LogP) is -1.46. The van der Waals surface area contributed by atoms with Crippen molar-refractivity contribution < 1.29 is 24.9 Å². The highest BCUT2D eigenvalue weighted by Gasteiger charge is 2.44. The lowest BCUT2D eigenvalue weighted by Crippen LogP contribution is -2.32. The van der Waals surface area contributed by atoms with Gasteiger partial charge in [-0.2, -0.15) is 4.98 Å². The van der Waals surface area contributed by atoms with Gasteiger partial charge in [0.2, 0.25) is 5.95 Å². The Labute approximate surface area is 146 Å². The van der Waals surface area contributed by atoms with Crippen LogP contribution in [0.4, 0.5) is 5.95 Å². The minimum Gasteiger partial charge on any atom is -0.481 e. The minimum absolute atomic E-state index is 0.0376. The van der Waals surface area contributed by atoms with Crippen LogP contribution in [0.1, 0.15) is 19.1 Å². The molecular formula is C15H19N5O6. The number of ether oxygens (including phenoxy) is 1. The number of imidazole rings is 1. The van der Waals surface area contributed by atoms with Gasteiger partial charge in [0.25, 0.3) is 0 Å². The Morgan fingerprint density at radius 3 is 2.81 bits per heavy atom. The third-order valence-corrected chi connectivity index (χ3v) is 5.01. The summed E-state index contributed by atoms with van der Waals surface area (Å²) in [5, 5.41) is 28.6. The average Bonchev–Trinajstić information content (AvgIpc) is 3.21. The zero-order chi connectivity index (χ0) is 18.6. The van der Waals surface area contributed by atoms with Crippen molar-refractivity contribution in [3.8, 4) is 0 Å². The maximum absolute atomic E-state index is 13.0. The highest BCUT2D eigenvalue weighted by Crippen LogP contribution is 2.40. The van der Waals surface area contributed by atoms with Crippen molar-refractivity contribution in [2.75, 3.05) is 12.3 Å². The van der Waals surface area contributed by atoms with Gasteiger partial charge in [-0.15, -0.1) is 0 Å². The summed E-state index contributed by atoms with van der Waals surface area (Å²) in [6, 6.07) is 0. The smallest absolute Gasteiger partial charge is 0.332 e. The largest absolute Gasteiger partial charge is 0.481 e. The maximum Gasteiger partial charge on any atom is 0.332 e. The maximum atomic E-state index is 13.0. The van der Waals surface area contributed by atoms with Gasteiger partial charge in [-0.05, 0) is 12.3 Å². The van der Waals surface area contributed by atoms with Gasteiger partial charge in [0.05, 0.1) is 24.8 Å². The number of aliphatic carboxylic acids is 1. The molecule has 140 valence electrons. The Morgan fingerprint density at radius 2 is 2.19 bits per heavy atom. The Balaban J connectivity index is 1.78. The summed E-state index contributed by atoms with van der Waals surface area (Å²) in [6.07, 6.45) is -0.498. The molecule has 2 aliphatic rings. The average molecular weight is 365 g/mol. The second kappa shape index (κ2) is 6.04. The van der Waals surface area contributed by atoms with Gasteiger partial charge in [-0.1, -0.05) is 0 Å². The van der Waals surface area contributed by atoms with Crippen LogP contribution >= 0.6 is 0 Å². The molecular weight excluding hydrogens is 346 g/mol. The summed E-state index contributed by atoms with van der Waals surface area (Å²) in [5.41, 5.74) is 5.76.